The number of hydrogen-bond donors (Lipinski definition) is 2. The first-order valence-electron chi connectivity index (χ1n) is 14.9. The fourth-order valence-corrected chi connectivity index (χ4v) is 5.24. The molecule has 0 amide bonds. The molecule has 0 heterocycles. The number of Topliss-reactive ketones (excluding diaryl/α,β-unsaturated/α-hetero) is 1. The van der Waals surface area contributed by atoms with Gasteiger partial charge in [-0.2, -0.15) is 0 Å². The third-order valence-electron chi connectivity index (χ3n) is 6.56. The maximum Gasteiger partial charge on any atom is 0.472 e. The summed E-state index contributed by atoms with van der Waals surface area (Å²) in [6.45, 7) is 5.42. The van der Waals surface area contributed by atoms with Gasteiger partial charge in [-0.1, -0.05) is 90.2 Å². The summed E-state index contributed by atoms with van der Waals surface area (Å²) >= 11 is 0. The zero-order valence-electron chi connectivity index (χ0n) is 24.3. The van der Waals surface area contributed by atoms with Crippen molar-refractivity contribution < 1.29 is 28.0 Å². The van der Waals surface area contributed by atoms with Gasteiger partial charge in [0.1, 0.15) is 11.5 Å². The van der Waals surface area contributed by atoms with Gasteiger partial charge in [0, 0.05) is 19.4 Å². The van der Waals surface area contributed by atoms with Crippen LogP contribution in [0.1, 0.15) is 109 Å². The average Bonchev–Trinajstić information content (AvgIpc) is 2.88. The maximum absolute atomic E-state index is 12.3. The van der Waals surface area contributed by atoms with Crippen molar-refractivity contribution in [1.82, 2.24) is 5.32 Å². The normalized spacial score (nSPS) is 13.8. The molecule has 38 heavy (non-hydrogen) atoms. The molecule has 1 aromatic carbocycles. The van der Waals surface area contributed by atoms with E-state index in [2.05, 4.69) is 12.2 Å². The zero-order chi connectivity index (χ0) is 27.9. The number of likely N-dealkylation sites (N-methyl/N-ethyl adjacent to an activating group) is 1. The number of nitrogens with one attached hydrogen (secondary N) is 1. The molecular weight excluding hydrogens is 501 g/mol. The standard InChI is InChI=1S/C30H54NO6P/c1-4-6-7-8-9-10-11-12-13-14-15-21-35-30-19-16-18-27(25-30)23-28(24-29(32)17-5-2)26-37-38(33,34)36-22-20-31-3/h16,18-19,25,28,31H,4-15,17,20-24,26H2,1-3H3,(H,33,34). The SMILES string of the molecule is CCCCCCCCCCCCCOc1cccc(CC(COP(=O)(O)OCCNC)CC(=O)CCC)c1. The molecule has 0 saturated heterocycles. The molecule has 0 radical (unpaired) electrons. The molecule has 8 heteroatoms. The van der Waals surface area contributed by atoms with Gasteiger partial charge in [0.25, 0.3) is 0 Å². The molecule has 2 N–H and O–H groups in total. The summed E-state index contributed by atoms with van der Waals surface area (Å²) in [4.78, 5) is 22.3. The fraction of sp³-hybridized carbons (Fsp3) is 0.767. The molecule has 0 aliphatic carbocycles. The quantitative estimate of drug-likeness (QED) is 0.0896. The van der Waals surface area contributed by atoms with E-state index < -0.39 is 7.82 Å². The van der Waals surface area contributed by atoms with Crippen LogP contribution in [0, 0.1) is 5.92 Å². The van der Waals surface area contributed by atoms with Crippen molar-refractivity contribution in [2.75, 3.05) is 33.4 Å². The predicted octanol–water partition coefficient (Wildman–Crippen LogP) is 7.65. The Bertz CT molecular complexity index is 775. The molecule has 2 atom stereocenters. The number of unbranched alkanes of at least 4 members (excludes halogenated alkanes) is 10. The summed E-state index contributed by atoms with van der Waals surface area (Å²) in [5, 5.41) is 2.85. The largest absolute Gasteiger partial charge is 0.494 e. The van der Waals surface area contributed by atoms with E-state index >= 15 is 0 Å². The van der Waals surface area contributed by atoms with Crippen LogP contribution in [0.25, 0.3) is 0 Å². The van der Waals surface area contributed by atoms with Crippen molar-refractivity contribution in [3.63, 3.8) is 0 Å². The van der Waals surface area contributed by atoms with E-state index in [1.807, 2.05) is 31.2 Å². The number of phosphoric acid groups is 1. The van der Waals surface area contributed by atoms with Gasteiger partial charge in [-0.05, 0) is 49.9 Å². The number of ether oxygens (including phenoxy) is 1. The van der Waals surface area contributed by atoms with E-state index in [1.54, 1.807) is 7.05 Å². The highest BCUT2D eigenvalue weighted by Crippen LogP contribution is 2.43. The number of rotatable bonds is 26. The number of hydrogen-bond acceptors (Lipinski definition) is 6. The summed E-state index contributed by atoms with van der Waals surface area (Å²) in [5.41, 5.74) is 1.02. The van der Waals surface area contributed by atoms with Crippen molar-refractivity contribution in [3.8, 4) is 5.75 Å². The lowest BCUT2D eigenvalue weighted by molar-refractivity contribution is -0.120. The van der Waals surface area contributed by atoms with Crippen LogP contribution in [-0.2, 0) is 24.8 Å². The Balaban J connectivity index is 2.43. The molecule has 0 aliphatic heterocycles. The minimum atomic E-state index is -4.16. The third kappa shape index (κ3) is 18.9. The van der Waals surface area contributed by atoms with Gasteiger partial charge >= 0.3 is 7.82 Å². The van der Waals surface area contributed by atoms with Crippen LogP contribution in [0.5, 0.6) is 5.75 Å². The molecule has 0 aliphatic rings. The molecule has 7 nitrogen and oxygen atoms in total. The molecule has 0 fully saturated rings. The molecule has 2 unspecified atom stereocenters. The smallest absolute Gasteiger partial charge is 0.472 e. The Kier molecular flexibility index (Phi) is 20.7. The highest BCUT2D eigenvalue weighted by atomic mass is 31.2. The minimum Gasteiger partial charge on any atom is -0.494 e. The molecule has 0 bridgehead atoms. The number of phosphoric ester groups is 1. The summed E-state index contributed by atoms with van der Waals surface area (Å²) in [6, 6.07) is 7.90. The number of carbonyl (C=O) groups is 1. The minimum absolute atomic E-state index is 0.0212. The van der Waals surface area contributed by atoms with E-state index in [1.165, 1.54) is 64.2 Å². The highest BCUT2D eigenvalue weighted by Gasteiger charge is 2.24. The van der Waals surface area contributed by atoms with E-state index in [-0.39, 0.29) is 24.9 Å². The van der Waals surface area contributed by atoms with E-state index in [0.29, 0.717) is 32.4 Å². The van der Waals surface area contributed by atoms with Crippen molar-refractivity contribution in [1.29, 1.82) is 0 Å². The maximum atomic E-state index is 12.3. The second-order valence-electron chi connectivity index (χ2n) is 10.3. The molecular formula is C30H54NO6P. The zero-order valence-corrected chi connectivity index (χ0v) is 25.2. The second-order valence-corrected chi connectivity index (χ2v) is 11.7. The Hall–Kier alpha value is -1.24. The summed E-state index contributed by atoms with van der Waals surface area (Å²) in [6.07, 6.45) is 16.5. The Morgan fingerprint density at radius 3 is 2.21 bits per heavy atom. The summed E-state index contributed by atoms with van der Waals surface area (Å²) < 4.78 is 28.4. The molecule has 1 aromatic rings. The first-order valence-corrected chi connectivity index (χ1v) is 16.4. The van der Waals surface area contributed by atoms with Gasteiger partial charge in [-0.15, -0.1) is 0 Å². The topological polar surface area (TPSA) is 94.1 Å². The number of carbonyl (C=O) groups excluding carboxylic acids is 1. The lowest BCUT2D eigenvalue weighted by Gasteiger charge is -2.19. The Morgan fingerprint density at radius 1 is 0.921 bits per heavy atom. The molecule has 220 valence electrons. The first kappa shape index (κ1) is 34.8. The average molecular weight is 556 g/mol. The van der Waals surface area contributed by atoms with Crippen LogP contribution < -0.4 is 10.1 Å². The van der Waals surface area contributed by atoms with Crippen LogP contribution in [0.2, 0.25) is 0 Å². The van der Waals surface area contributed by atoms with Gasteiger partial charge in [-0.3, -0.25) is 13.8 Å². The molecule has 0 aromatic heterocycles. The van der Waals surface area contributed by atoms with Gasteiger partial charge in [0.2, 0.25) is 0 Å². The molecule has 1 rings (SSSR count). The van der Waals surface area contributed by atoms with Gasteiger partial charge in [0.05, 0.1) is 19.8 Å². The van der Waals surface area contributed by atoms with Crippen molar-refractivity contribution >= 4 is 13.6 Å². The van der Waals surface area contributed by atoms with Gasteiger partial charge in [-0.25, -0.2) is 4.57 Å². The van der Waals surface area contributed by atoms with Crippen LogP contribution in [0.4, 0.5) is 0 Å². The van der Waals surface area contributed by atoms with Gasteiger partial charge < -0.3 is 14.9 Å². The highest BCUT2D eigenvalue weighted by molar-refractivity contribution is 7.47. The van der Waals surface area contributed by atoms with E-state index in [0.717, 1.165) is 24.2 Å². The number of ketones is 1. The first-order chi connectivity index (χ1) is 18.4. The summed E-state index contributed by atoms with van der Waals surface area (Å²) in [5.74, 6) is 0.732. The fourth-order valence-electron chi connectivity index (χ4n) is 4.44. The van der Waals surface area contributed by atoms with Crippen LogP contribution in [-0.4, -0.2) is 44.1 Å². The van der Waals surface area contributed by atoms with Crippen LogP contribution in [0.3, 0.4) is 0 Å². The number of benzene rings is 1. The third-order valence-corrected chi connectivity index (χ3v) is 7.55. The molecule has 0 spiro atoms. The van der Waals surface area contributed by atoms with E-state index in [9.17, 15) is 14.3 Å². The predicted molar refractivity (Wildman–Crippen MR) is 156 cm³/mol. The lowest BCUT2D eigenvalue weighted by Crippen LogP contribution is -2.18. The van der Waals surface area contributed by atoms with Crippen LogP contribution >= 0.6 is 7.82 Å². The van der Waals surface area contributed by atoms with Crippen molar-refractivity contribution in [2.24, 2.45) is 5.92 Å². The Morgan fingerprint density at radius 2 is 1.58 bits per heavy atom. The van der Waals surface area contributed by atoms with Crippen molar-refractivity contribution in [3.05, 3.63) is 29.8 Å². The molecule has 0 saturated carbocycles. The van der Waals surface area contributed by atoms with Crippen molar-refractivity contribution in [2.45, 2.75) is 110 Å². The lowest BCUT2D eigenvalue weighted by atomic mass is 9.94. The van der Waals surface area contributed by atoms with Gasteiger partial charge in [0.15, 0.2) is 0 Å². The Labute approximate surface area is 232 Å². The van der Waals surface area contributed by atoms with Crippen LogP contribution in [0.15, 0.2) is 24.3 Å². The summed E-state index contributed by atoms with van der Waals surface area (Å²) in [7, 11) is -2.43. The van der Waals surface area contributed by atoms with E-state index in [4.69, 9.17) is 13.8 Å². The second kappa shape index (κ2) is 22.6. The monoisotopic (exact) mass is 555 g/mol.